The number of benzene rings is 1. The Labute approximate surface area is 123 Å². The van der Waals surface area contributed by atoms with Gasteiger partial charge in [0.1, 0.15) is 17.0 Å². The average molecular weight is 301 g/mol. The van der Waals surface area contributed by atoms with Crippen LogP contribution in [0.4, 0.5) is 10.3 Å². The largest absolute Gasteiger partial charge is 0.493 e. The Kier molecular flexibility index (Phi) is 2.81. The van der Waals surface area contributed by atoms with Crippen molar-refractivity contribution in [2.24, 2.45) is 0 Å². The van der Waals surface area contributed by atoms with E-state index in [0.29, 0.717) is 41.3 Å². The second kappa shape index (κ2) is 4.83. The molecule has 8 heteroatoms. The van der Waals surface area contributed by atoms with E-state index < -0.39 is 0 Å². The lowest BCUT2D eigenvalue weighted by atomic mass is 10.0. The number of hydrogen-bond donors (Lipinski definition) is 3. The number of rotatable bonds is 2. The van der Waals surface area contributed by atoms with Crippen molar-refractivity contribution >= 4 is 17.0 Å². The summed E-state index contributed by atoms with van der Waals surface area (Å²) in [4.78, 5) is 18.8. The zero-order valence-corrected chi connectivity index (χ0v) is 11.4. The summed E-state index contributed by atoms with van der Waals surface area (Å²) in [5, 5.41) is 9.97. The van der Waals surface area contributed by atoms with Gasteiger partial charge < -0.3 is 10.1 Å². The van der Waals surface area contributed by atoms with Crippen LogP contribution in [0.3, 0.4) is 0 Å². The monoisotopic (exact) mass is 301 g/mol. The van der Waals surface area contributed by atoms with Crippen LogP contribution >= 0.6 is 0 Å². The van der Waals surface area contributed by atoms with Gasteiger partial charge in [-0.1, -0.05) is 0 Å². The molecule has 22 heavy (non-hydrogen) atoms. The van der Waals surface area contributed by atoms with Gasteiger partial charge >= 0.3 is 0 Å². The average Bonchev–Trinajstić information content (AvgIpc) is 2.97. The number of halogens is 1. The van der Waals surface area contributed by atoms with Gasteiger partial charge in [-0.3, -0.25) is 14.9 Å². The van der Waals surface area contributed by atoms with Gasteiger partial charge in [0.25, 0.3) is 5.56 Å². The summed E-state index contributed by atoms with van der Waals surface area (Å²) in [5.74, 6) is 0.612. The molecule has 2 aromatic heterocycles. The smallest absolute Gasteiger partial charge is 0.263 e. The van der Waals surface area contributed by atoms with Crippen LogP contribution in [0, 0.1) is 5.82 Å². The molecule has 1 aliphatic rings. The molecule has 0 saturated heterocycles. The molecule has 0 spiro atoms. The van der Waals surface area contributed by atoms with Crippen molar-refractivity contribution in [1.82, 2.24) is 20.2 Å². The Morgan fingerprint density at radius 2 is 2.32 bits per heavy atom. The van der Waals surface area contributed by atoms with Crippen molar-refractivity contribution in [2.45, 2.75) is 12.5 Å². The molecular formula is C14H12FN5O2. The fourth-order valence-corrected chi connectivity index (χ4v) is 2.59. The van der Waals surface area contributed by atoms with Crippen LogP contribution < -0.4 is 15.6 Å². The molecule has 3 heterocycles. The van der Waals surface area contributed by atoms with E-state index in [2.05, 4.69) is 25.5 Å². The maximum Gasteiger partial charge on any atom is 0.263 e. The second-order valence-corrected chi connectivity index (χ2v) is 5.06. The zero-order chi connectivity index (χ0) is 15.1. The van der Waals surface area contributed by atoms with E-state index in [0.717, 1.165) is 0 Å². The molecule has 4 rings (SSSR count). The first-order chi connectivity index (χ1) is 10.7. The summed E-state index contributed by atoms with van der Waals surface area (Å²) < 4.78 is 19.0. The molecule has 0 radical (unpaired) electrons. The molecule has 0 saturated carbocycles. The molecule has 1 aromatic carbocycles. The fraction of sp³-hybridized carbons (Fsp3) is 0.214. The number of hydrogen-bond acceptors (Lipinski definition) is 5. The van der Waals surface area contributed by atoms with Crippen molar-refractivity contribution in [1.29, 1.82) is 0 Å². The third-order valence-electron chi connectivity index (χ3n) is 3.64. The van der Waals surface area contributed by atoms with Crippen LogP contribution in [0.5, 0.6) is 5.75 Å². The third kappa shape index (κ3) is 2.09. The van der Waals surface area contributed by atoms with Crippen LogP contribution in [0.2, 0.25) is 0 Å². The SMILES string of the molecule is O=c1[nH]c(NC2CCOc3ccc(F)cc32)nc2[nH]ncc12. The summed E-state index contributed by atoms with van der Waals surface area (Å²) in [6.07, 6.45) is 2.06. The number of aromatic nitrogens is 4. The Morgan fingerprint density at radius 3 is 3.23 bits per heavy atom. The van der Waals surface area contributed by atoms with Crippen LogP contribution in [-0.4, -0.2) is 26.8 Å². The Balaban J connectivity index is 1.71. The highest BCUT2D eigenvalue weighted by Crippen LogP contribution is 2.34. The summed E-state index contributed by atoms with van der Waals surface area (Å²) >= 11 is 0. The van der Waals surface area contributed by atoms with Gasteiger partial charge in [0.15, 0.2) is 5.65 Å². The summed E-state index contributed by atoms with van der Waals surface area (Å²) in [6, 6.07) is 4.20. The summed E-state index contributed by atoms with van der Waals surface area (Å²) in [5.41, 5.74) is 0.823. The first kappa shape index (κ1) is 12.8. The van der Waals surface area contributed by atoms with Gasteiger partial charge in [-0.2, -0.15) is 10.1 Å². The lowest BCUT2D eigenvalue weighted by Crippen LogP contribution is -2.23. The summed E-state index contributed by atoms with van der Waals surface area (Å²) in [7, 11) is 0. The fourth-order valence-electron chi connectivity index (χ4n) is 2.59. The molecule has 0 bridgehead atoms. The van der Waals surface area contributed by atoms with Crippen molar-refractivity contribution in [3.63, 3.8) is 0 Å². The maximum atomic E-state index is 13.5. The van der Waals surface area contributed by atoms with Gasteiger partial charge in [0, 0.05) is 12.0 Å². The predicted octanol–water partition coefficient (Wildman–Crippen LogP) is 1.72. The summed E-state index contributed by atoms with van der Waals surface area (Å²) in [6.45, 7) is 0.507. The molecule has 3 aromatic rings. The minimum Gasteiger partial charge on any atom is -0.493 e. The lowest BCUT2D eigenvalue weighted by Gasteiger charge is -2.26. The third-order valence-corrected chi connectivity index (χ3v) is 3.64. The van der Waals surface area contributed by atoms with Gasteiger partial charge in [0.05, 0.1) is 18.8 Å². The van der Waals surface area contributed by atoms with Crippen molar-refractivity contribution < 1.29 is 9.13 Å². The minimum absolute atomic E-state index is 0.192. The van der Waals surface area contributed by atoms with Crippen LogP contribution in [0.1, 0.15) is 18.0 Å². The number of nitrogens with one attached hydrogen (secondary N) is 3. The van der Waals surface area contributed by atoms with E-state index in [9.17, 15) is 9.18 Å². The Hall–Kier alpha value is -2.90. The number of ether oxygens (including phenoxy) is 1. The zero-order valence-electron chi connectivity index (χ0n) is 11.4. The first-order valence-electron chi connectivity index (χ1n) is 6.83. The molecule has 3 N–H and O–H groups in total. The van der Waals surface area contributed by atoms with Crippen molar-refractivity contribution in [3.05, 3.63) is 46.1 Å². The normalized spacial score (nSPS) is 17.0. The Morgan fingerprint density at radius 1 is 1.41 bits per heavy atom. The van der Waals surface area contributed by atoms with E-state index >= 15 is 0 Å². The molecule has 0 fully saturated rings. The number of fused-ring (bicyclic) bond motifs is 2. The van der Waals surface area contributed by atoms with Gasteiger partial charge in [0.2, 0.25) is 5.95 Å². The highest BCUT2D eigenvalue weighted by Gasteiger charge is 2.23. The molecule has 112 valence electrons. The molecule has 7 nitrogen and oxygen atoms in total. The van der Waals surface area contributed by atoms with Crippen molar-refractivity contribution in [3.8, 4) is 5.75 Å². The van der Waals surface area contributed by atoms with Gasteiger partial charge in [-0.05, 0) is 18.2 Å². The van der Waals surface area contributed by atoms with E-state index in [-0.39, 0.29) is 17.4 Å². The van der Waals surface area contributed by atoms with E-state index in [1.165, 1.54) is 18.3 Å². The molecule has 0 amide bonds. The number of nitrogens with zero attached hydrogens (tertiary/aromatic N) is 2. The van der Waals surface area contributed by atoms with Crippen LogP contribution in [0.25, 0.3) is 11.0 Å². The van der Waals surface area contributed by atoms with Crippen LogP contribution in [-0.2, 0) is 0 Å². The molecule has 1 aliphatic heterocycles. The quantitative estimate of drug-likeness (QED) is 0.670. The second-order valence-electron chi connectivity index (χ2n) is 5.06. The van der Waals surface area contributed by atoms with E-state index in [1.807, 2.05) is 0 Å². The topological polar surface area (TPSA) is 95.7 Å². The lowest BCUT2D eigenvalue weighted by molar-refractivity contribution is 0.273. The molecule has 0 aliphatic carbocycles. The molecular weight excluding hydrogens is 289 g/mol. The highest BCUT2D eigenvalue weighted by atomic mass is 19.1. The van der Waals surface area contributed by atoms with Gasteiger partial charge in [-0.25, -0.2) is 4.39 Å². The van der Waals surface area contributed by atoms with Crippen molar-refractivity contribution in [2.75, 3.05) is 11.9 Å². The Bertz CT molecular complexity index is 904. The minimum atomic E-state index is -0.332. The van der Waals surface area contributed by atoms with Gasteiger partial charge in [-0.15, -0.1) is 0 Å². The standard InChI is InChI=1S/C14H12FN5O2/c15-7-1-2-11-8(5-7)10(3-4-22-11)17-14-18-12-9(6-16-20-12)13(21)19-14/h1-2,5-6,10H,3-4H2,(H3,16,17,18,19,20,21). The number of aromatic amines is 2. The van der Waals surface area contributed by atoms with E-state index in [1.54, 1.807) is 6.07 Å². The van der Waals surface area contributed by atoms with E-state index in [4.69, 9.17) is 4.74 Å². The van der Waals surface area contributed by atoms with Crippen LogP contribution in [0.15, 0.2) is 29.2 Å². The number of anilines is 1. The maximum absolute atomic E-state index is 13.5. The number of H-pyrrole nitrogens is 2. The molecule has 1 atom stereocenters. The highest BCUT2D eigenvalue weighted by molar-refractivity contribution is 5.73. The molecule has 1 unspecified atom stereocenters. The first-order valence-corrected chi connectivity index (χ1v) is 6.83. The predicted molar refractivity (Wildman–Crippen MR) is 77.4 cm³/mol.